The van der Waals surface area contributed by atoms with Crippen molar-refractivity contribution in [1.82, 2.24) is 5.32 Å². The zero-order valence-corrected chi connectivity index (χ0v) is 50.3. The van der Waals surface area contributed by atoms with Crippen LogP contribution in [0, 0.1) is 0 Å². The summed E-state index contributed by atoms with van der Waals surface area (Å²) < 4.78 is 5.48. The Bertz CT molecular complexity index is 1260. The smallest absolute Gasteiger partial charge is 0.305 e. The molecule has 2 unspecified atom stereocenters. The van der Waals surface area contributed by atoms with Gasteiger partial charge < -0.3 is 20.3 Å². The predicted molar refractivity (Wildman–Crippen MR) is 329 cm³/mol. The van der Waals surface area contributed by atoms with E-state index >= 15 is 0 Å². The predicted octanol–water partition coefficient (Wildman–Crippen LogP) is 21.3. The van der Waals surface area contributed by atoms with Crippen molar-refractivity contribution in [1.29, 1.82) is 0 Å². The van der Waals surface area contributed by atoms with Gasteiger partial charge >= 0.3 is 5.97 Å². The largest absolute Gasteiger partial charge is 0.466 e. The van der Waals surface area contributed by atoms with Gasteiger partial charge in [-0.25, -0.2) is 0 Å². The normalized spacial score (nSPS) is 12.9. The van der Waals surface area contributed by atoms with E-state index in [1.807, 2.05) is 0 Å². The Hall–Kier alpha value is -2.18. The molecule has 2 atom stereocenters. The average molecular weight is 1050 g/mol. The molecule has 0 spiro atoms. The molecule has 3 N–H and O–H groups in total. The lowest BCUT2D eigenvalue weighted by Gasteiger charge is -2.22. The molecule has 6 heteroatoms. The first-order valence-corrected chi connectivity index (χ1v) is 33.4. The van der Waals surface area contributed by atoms with Crippen molar-refractivity contribution in [2.24, 2.45) is 0 Å². The number of carbonyl (C=O) groups excluding carboxylic acids is 2. The van der Waals surface area contributed by atoms with Crippen LogP contribution in [-0.4, -0.2) is 47.4 Å². The molecule has 75 heavy (non-hydrogen) atoms. The van der Waals surface area contributed by atoms with Crippen molar-refractivity contribution in [2.75, 3.05) is 13.2 Å². The molecule has 0 saturated carbocycles. The van der Waals surface area contributed by atoms with Gasteiger partial charge in [0.1, 0.15) is 0 Å². The third-order valence-electron chi connectivity index (χ3n) is 15.4. The minimum Gasteiger partial charge on any atom is -0.466 e. The van der Waals surface area contributed by atoms with E-state index in [1.54, 1.807) is 0 Å². The van der Waals surface area contributed by atoms with Gasteiger partial charge in [-0.2, -0.15) is 0 Å². The highest BCUT2D eigenvalue weighted by atomic mass is 16.5. The summed E-state index contributed by atoms with van der Waals surface area (Å²) in [6.07, 6.45) is 82.7. The lowest BCUT2D eigenvalue weighted by molar-refractivity contribution is -0.143. The summed E-state index contributed by atoms with van der Waals surface area (Å²) in [4.78, 5) is 24.6. The van der Waals surface area contributed by atoms with E-state index in [4.69, 9.17) is 4.74 Å². The number of nitrogens with one attached hydrogen (secondary N) is 1. The van der Waals surface area contributed by atoms with E-state index in [9.17, 15) is 19.8 Å². The number of esters is 1. The van der Waals surface area contributed by atoms with Gasteiger partial charge in [0.2, 0.25) is 5.91 Å². The summed E-state index contributed by atoms with van der Waals surface area (Å²) in [5.74, 6) is -0.0495. The zero-order valence-electron chi connectivity index (χ0n) is 50.3. The highest BCUT2D eigenvalue weighted by Gasteiger charge is 2.20. The molecule has 0 aromatic heterocycles. The minimum absolute atomic E-state index is 0.00630. The Labute approximate surface area is 467 Å². The van der Waals surface area contributed by atoms with Gasteiger partial charge in [-0.05, 0) is 89.9 Å². The Morgan fingerprint density at radius 3 is 1.03 bits per heavy atom. The number of rotatable bonds is 62. The van der Waals surface area contributed by atoms with Crippen molar-refractivity contribution in [2.45, 2.75) is 366 Å². The van der Waals surface area contributed by atoms with E-state index in [1.165, 1.54) is 257 Å². The van der Waals surface area contributed by atoms with Crippen LogP contribution < -0.4 is 5.32 Å². The first-order valence-electron chi connectivity index (χ1n) is 33.4. The van der Waals surface area contributed by atoms with Gasteiger partial charge in [-0.1, -0.05) is 300 Å². The molecule has 0 aromatic carbocycles. The van der Waals surface area contributed by atoms with Crippen LogP contribution in [-0.2, 0) is 14.3 Å². The van der Waals surface area contributed by atoms with Gasteiger partial charge in [0.05, 0.1) is 25.4 Å². The van der Waals surface area contributed by atoms with Crippen molar-refractivity contribution in [3.05, 3.63) is 48.6 Å². The topological polar surface area (TPSA) is 95.9 Å². The number of hydrogen-bond acceptors (Lipinski definition) is 5. The molecule has 0 heterocycles. The van der Waals surface area contributed by atoms with Crippen molar-refractivity contribution < 1.29 is 24.5 Å². The van der Waals surface area contributed by atoms with Crippen molar-refractivity contribution in [3.63, 3.8) is 0 Å². The number of hydrogen-bond donors (Lipinski definition) is 3. The monoisotopic (exact) mass is 1050 g/mol. The number of ether oxygens (including phenoxy) is 1. The fourth-order valence-corrected chi connectivity index (χ4v) is 10.2. The second-order valence-electron chi connectivity index (χ2n) is 22.8. The number of amides is 1. The Morgan fingerprint density at radius 1 is 0.373 bits per heavy atom. The van der Waals surface area contributed by atoms with E-state index < -0.39 is 12.1 Å². The molecule has 0 aliphatic rings. The van der Waals surface area contributed by atoms with Crippen LogP contribution in [0.2, 0.25) is 0 Å². The summed E-state index contributed by atoms with van der Waals surface area (Å²) in [5, 5.41) is 23.4. The molecular formula is C69H129NO5. The van der Waals surface area contributed by atoms with E-state index in [-0.39, 0.29) is 18.5 Å². The van der Waals surface area contributed by atoms with E-state index in [2.05, 4.69) is 67.8 Å². The molecule has 0 aliphatic carbocycles. The van der Waals surface area contributed by atoms with Gasteiger partial charge in [0.15, 0.2) is 0 Å². The summed E-state index contributed by atoms with van der Waals surface area (Å²) in [7, 11) is 0. The summed E-state index contributed by atoms with van der Waals surface area (Å²) >= 11 is 0. The third-order valence-corrected chi connectivity index (χ3v) is 15.4. The lowest BCUT2D eigenvalue weighted by atomic mass is 10.0. The van der Waals surface area contributed by atoms with Gasteiger partial charge in [0, 0.05) is 12.8 Å². The van der Waals surface area contributed by atoms with Crippen LogP contribution >= 0.6 is 0 Å². The molecule has 0 saturated heterocycles. The minimum atomic E-state index is -0.673. The van der Waals surface area contributed by atoms with Gasteiger partial charge in [-0.3, -0.25) is 9.59 Å². The molecule has 0 aliphatic heterocycles. The maximum absolute atomic E-state index is 12.5. The Balaban J connectivity index is 3.46. The zero-order chi connectivity index (χ0) is 54.3. The fraction of sp³-hybridized carbons (Fsp3) is 0.855. The van der Waals surface area contributed by atoms with Crippen LogP contribution in [0.15, 0.2) is 48.6 Å². The number of carbonyl (C=O) groups is 2. The van der Waals surface area contributed by atoms with Crippen molar-refractivity contribution in [3.8, 4) is 0 Å². The maximum Gasteiger partial charge on any atom is 0.305 e. The first kappa shape index (κ1) is 72.8. The first-order chi connectivity index (χ1) is 37.0. The molecular weight excluding hydrogens is 923 g/mol. The van der Waals surface area contributed by atoms with E-state index in [0.717, 1.165) is 64.2 Å². The molecule has 440 valence electrons. The number of allylic oxidation sites excluding steroid dienone is 8. The molecule has 0 radical (unpaired) electrons. The quantitative estimate of drug-likeness (QED) is 0.0320. The van der Waals surface area contributed by atoms with Crippen LogP contribution in [0.3, 0.4) is 0 Å². The highest BCUT2D eigenvalue weighted by molar-refractivity contribution is 5.76. The molecule has 0 rings (SSSR count). The summed E-state index contributed by atoms with van der Waals surface area (Å²) in [6.45, 7) is 4.94. The molecule has 1 amide bonds. The number of unbranched alkanes of at least 4 members (excludes halogenated alkanes) is 43. The lowest BCUT2D eigenvalue weighted by Crippen LogP contribution is -2.45. The van der Waals surface area contributed by atoms with Gasteiger partial charge in [-0.15, -0.1) is 0 Å². The highest BCUT2D eigenvalue weighted by Crippen LogP contribution is 2.18. The van der Waals surface area contributed by atoms with Crippen LogP contribution in [0.5, 0.6) is 0 Å². The van der Waals surface area contributed by atoms with Crippen LogP contribution in [0.25, 0.3) is 0 Å². The van der Waals surface area contributed by atoms with Gasteiger partial charge in [0.25, 0.3) is 0 Å². The average Bonchev–Trinajstić information content (AvgIpc) is 3.41. The van der Waals surface area contributed by atoms with Crippen LogP contribution in [0.4, 0.5) is 0 Å². The fourth-order valence-electron chi connectivity index (χ4n) is 10.2. The Morgan fingerprint density at radius 2 is 0.667 bits per heavy atom. The van der Waals surface area contributed by atoms with Crippen LogP contribution in [0.1, 0.15) is 354 Å². The summed E-state index contributed by atoms with van der Waals surface area (Å²) in [6, 6.07) is -0.551. The summed E-state index contributed by atoms with van der Waals surface area (Å²) in [5.41, 5.74) is 0. The third kappa shape index (κ3) is 60.9. The molecule has 0 bridgehead atoms. The standard InChI is InChI=1S/C69H129NO5/c1-3-5-7-9-11-13-15-17-19-21-27-30-33-37-41-45-49-53-57-61-67(72)66(65-71)70-68(73)62-58-54-50-46-42-38-34-31-28-25-23-22-24-26-29-32-36-40-44-48-52-56-60-64-75-69(74)63-59-55-51-47-43-39-35-20-18-16-14-12-10-8-6-4-2/h14,16,20,22,24-25,28,35,66-67,71-72H,3-13,15,17-19,21,23,26-27,29-34,36-65H2,1-2H3,(H,70,73)/b16-14-,24-22-,28-25-,35-20-. The van der Waals surface area contributed by atoms with Crippen molar-refractivity contribution >= 4 is 11.9 Å². The Kier molecular flexibility index (Phi) is 62.5. The second-order valence-corrected chi connectivity index (χ2v) is 22.8. The molecule has 0 aromatic rings. The number of aliphatic hydroxyl groups excluding tert-OH is 2. The molecule has 0 fully saturated rings. The maximum atomic E-state index is 12.5. The SMILES string of the molecule is CCCCCC/C=C\C/C=C\CCCCCCCC(=O)OCCCCCCCCCCC/C=C\C/C=C\CCCCCCCCCC(=O)NC(CO)C(O)CCCCCCCCCCCCCCCCCCCCC. The second kappa shape index (κ2) is 64.3. The van der Waals surface area contributed by atoms with E-state index in [0.29, 0.717) is 25.9 Å². The number of aliphatic hydroxyl groups is 2. The molecule has 6 nitrogen and oxygen atoms in total.